The van der Waals surface area contributed by atoms with Crippen LogP contribution in [-0.2, 0) is 15.8 Å². The van der Waals surface area contributed by atoms with Gasteiger partial charge >= 0.3 is 6.18 Å². The van der Waals surface area contributed by atoms with Crippen LogP contribution in [0.5, 0.6) is 5.75 Å². The van der Waals surface area contributed by atoms with Gasteiger partial charge in [-0.2, -0.15) is 13.2 Å². The highest BCUT2D eigenvalue weighted by Crippen LogP contribution is 2.44. The molecule has 5 nitrogen and oxygen atoms in total. The Morgan fingerprint density at radius 2 is 1.66 bits per heavy atom. The number of rotatable bonds is 4. The molecule has 0 radical (unpaired) electrons. The fourth-order valence-electron chi connectivity index (χ4n) is 3.83. The number of amides is 1. The zero-order valence-corrected chi connectivity index (χ0v) is 19.4. The van der Waals surface area contributed by atoms with Gasteiger partial charge < -0.3 is 9.84 Å². The normalized spacial score (nSPS) is 17.7. The van der Waals surface area contributed by atoms with Crippen molar-refractivity contribution >= 4 is 46.3 Å². The van der Waals surface area contributed by atoms with E-state index in [9.17, 15) is 27.9 Å². The van der Waals surface area contributed by atoms with Crippen LogP contribution in [0.3, 0.4) is 0 Å². The molecule has 0 saturated carbocycles. The lowest BCUT2D eigenvalue weighted by atomic mass is 9.95. The number of hydrogen-bond donors (Lipinski definition) is 1. The summed E-state index contributed by atoms with van der Waals surface area (Å²) in [6, 6.07) is 13.2. The number of nitrogens with zero attached hydrogens (tertiary/aromatic N) is 1. The van der Waals surface area contributed by atoms with Crippen LogP contribution in [0.1, 0.15) is 22.7 Å². The summed E-state index contributed by atoms with van der Waals surface area (Å²) in [4.78, 5) is 27.2. The number of Topliss-reactive ketones (excluding diaryl/α,β-unsaturated/α-hetero) is 1. The van der Waals surface area contributed by atoms with Gasteiger partial charge in [0.05, 0.1) is 34.3 Å². The zero-order valence-electron chi connectivity index (χ0n) is 17.9. The van der Waals surface area contributed by atoms with Crippen LogP contribution >= 0.6 is 23.2 Å². The molecule has 1 saturated heterocycles. The molecule has 4 rings (SSSR count). The molecule has 0 aliphatic carbocycles. The first-order valence-electron chi connectivity index (χ1n) is 10.1. The van der Waals surface area contributed by atoms with E-state index in [0.29, 0.717) is 11.3 Å². The van der Waals surface area contributed by atoms with Gasteiger partial charge in [-0.15, -0.1) is 0 Å². The van der Waals surface area contributed by atoms with Gasteiger partial charge in [0.15, 0.2) is 0 Å². The lowest BCUT2D eigenvalue weighted by Crippen LogP contribution is -2.29. The maximum absolute atomic E-state index is 13.4. The standard InChI is InChI=1S/C25H16Cl2F3NO4/c1-35-17-8-5-13(6-9-17)21-20(22(32)14-7-10-18(26)19(27)11-14)23(33)24(34)31(21)16-4-2-3-15(12-16)25(28,29)30/h2-12,21,32H,1H3/b22-20+. The Morgan fingerprint density at radius 3 is 2.26 bits per heavy atom. The summed E-state index contributed by atoms with van der Waals surface area (Å²) in [5.41, 5.74) is -0.981. The summed E-state index contributed by atoms with van der Waals surface area (Å²) in [7, 11) is 1.45. The predicted octanol–water partition coefficient (Wildman–Crippen LogP) is 6.65. The number of ether oxygens (including phenoxy) is 1. The van der Waals surface area contributed by atoms with Crippen molar-refractivity contribution in [3.63, 3.8) is 0 Å². The number of halogens is 5. The maximum Gasteiger partial charge on any atom is 0.416 e. The quantitative estimate of drug-likeness (QED) is 0.237. The first kappa shape index (κ1) is 24.6. The number of carbonyl (C=O) groups excluding carboxylic acids is 2. The number of aliphatic hydroxyl groups is 1. The van der Waals surface area contributed by atoms with E-state index in [1.54, 1.807) is 24.3 Å². The number of anilines is 1. The predicted molar refractivity (Wildman–Crippen MR) is 126 cm³/mol. The Balaban J connectivity index is 1.95. The van der Waals surface area contributed by atoms with Crippen LogP contribution < -0.4 is 9.64 Å². The van der Waals surface area contributed by atoms with Crippen molar-refractivity contribution in [2.24, 2.45) is 0 Å². The molecule has 35 heavy (non-hydrogen) atoms. The Bertz CT molecular complexity index is 1350. The van der Waals surface area contributed by atoms with Gasteiger partial charge in [-0.1, -0.05) is 41.4 Å². The molecule has 10 heteroatoms. The maximum atomic E-state index is 13.4. The van der Waals surface area contributed by atoms with E-state index >= 15 is 0 Å². The van der Waals surface area contributed by atoms with Gasteiger partial charge in [-0.05, 0) is 54.1 Å². The van der Waals surface area contributed by atoms with Crippen molar-refractivity contribution in [2.45, 2.75) is 12.2 Å². The van der Waals surface area contributed by atoms with E-state index in [-0.39, 0.29) is 26.9 Å². The summed E-state index contributed by atoms with van der Waals surface area (Å²) in [5, 5.41) is 11.4. The summed E-state index contributed by atoms with van der Waals surface area (Å²) in [5.74, 6) is -2.22. The van der Waals surface area contributed by atoms with E-state index in [0.717, 1.165) is 23.1 Å². The lowest BCUT2D eigenvalue weighted by molar-refractivity contribution is -0.137. The monoisotopic (exact) mass is 521 g/mol. The van der Waals surface area contributed by atoms with Gasteiger partial charge in [0.1, 0.15) is 11.5 Å². The minimum absolute atomic E-state index is 0.101. The van der Waals surface area contributed by atoms with Crippen molar-refractivity contribution in [1.82, 2.24) is 0 Å². The second-order valence-electron chi connectivity index (χ2n) is 7.62. The van der Waals surface area contributed by atoms with Crippen LogP contribution in [-0.4, -0.2) is 23.9 Å². The van der Waals surface area contributed by atoms with Crippen molar-refractivity contribution in [3.8, 4) is 5.75 Å². The van der Waals surface area contributed by atoms with Crippen LogP contribution in [0, 0.1) is 0 Å². The molecule has 1 aliphatic rings. The number of aliphatic hydroxyl groups excluding tert-OH is 1. The third kappa shape index (κ3) is 4.59. The number of alkyl halides is 3. The minimum atomic E-state index is -4.67. The Hall–Kier alpha value is -3.49. The SMILES string of the molecule is COc1ccc(C2/C(=C(\O)c3ccc(Cl)c(Cl)c3)C(=O)C(=O)N2c2cccc(C(F)(F)F)c2)cc1. The molecular formula is C25H16Cl2F3NO4. The van der Waals surface area contributed by atoms with Crippen molar-refractivity contribution in [3.05, 3.63) is 99.0 Å². The third-order valence-electron chi connectivity index (χ3n) is 5.52. The van der Waals surface area contributed by atoms with E-state index in [2.05, 4.69) is 0 Å². The molecular weight excluding hydrogens is 506 g/mol. The first-order valence-corrected chi connectivity index (χ1v) is 10.9. The molecule has 1 atom stereocenters. The second-order valence-corrected chi connectivity index (χ2v) is 8.43. The largest absolute Gasteiger partial charge is 0.507 e. The first-order chi connectivity index (χ1) is 16.5. The van der Waals surface area contributed by atoms with Gasteiger partial charge in [-0.3, -0.25) is 14.5 Å². The molecule has 0 bridgehead atoms. The Morgan fingerprint density at radius 1 is 0.971 bits per heavy atom. The zero-order chi connectivity index (χ0) is 25.5. The number of carbonyl (C=O) groups is 2. The summed E-state index contributed by atoms with van der Waals surface area (Å²) < 4.78 is 45.3. The molecule has 3 aromatic rings. The van der Waals surface area contributed by atoms with Crippen molar-refractivity contribution < 1.29 is 32.6 Å². The number of hydrogen-bond acceptors (Lipinski definition) is 4. The molecule has 180 valence electrons. The molecule has 1 N–H and O–H groups in total. The highest BCUT2D eigenvalue weighted by Gasteiger charge is 2.47. The van der Waals surface area contributed by atoms with Crippen molar-refractivity contribution in [2.75, 3.05) is 12.0 Å². The molecule has 1 aliphatic heterocycles. The van der Waals surface area contributed by atoms with E-state index in [4.69, 9.17) is 27.9 Å². The van der Waals surface area contributed by atoms with Crippen LogP contribution in [0.4, 0.5) is 18.9 Å². The Labute approximate surface area is 207 Å². The van der Waals surface area contributed by atoms with Gasteiger partial charge in [-0.25, -0.2) is 0 Å². The molecule has 1 heterocycles. The fraction of sp³-hybridized carbons (Fsp3) is 0.120. The lowest BCUT2D eigenvalue weighted by Gasteiger charge is -2.26. The van der Waals surface area contributed by atoms with E-state index in [1.807, 2.05) is 0 Å². The van der Waals surface area contributed by atoms with E-state index < -0.39 is 35.2 Å². The molecule has 1 fully saturated rings. The molecule has 1 amide bonds. The van der Waals surface area contributed by atoms with Crippen molar-refractivity contribution in [1.29, 1.82) is 0 Å². The highest BCUT2D eigenvalue weighted by atomic mass is 35.5. The molecule has 0 aromatic heterocycles. The smallest absolute Gasteiger partial charge is 0.416 e. The molecule has 3 aromatic carbocycles. The summed E-state index contributed by atoms with van der Waals surface area (Å²) >= 11 is 12.0. The van der Waals surface area contributed by atoms with Crippen LogP contribution in [0.15, 0.2) is 72.3 Å². The Kier molecular flexibility index (Phi) is 6.53. The van der Waals surface area contributed by atoms with Gasteiger partial charge in [0.25, 0.3) is 11.7 Å². The summed E-state index contributed by atoms with van der Waals surface area (Å²) in [6.45, 7) is 0. The minimum Gasteiger partial charge on any atom is -0.507 e. The van der Waals surface area contributed by atoms with Crippen LogP contribution in [0.25, 0.3) is 5.76 Å². The number of benzene rings is 3. The third-order valence-corrected chi connectivity index (χ3v) is 6.26. The number of methoxy groups -OCH3 is 1. The van der Waals surface area contributed by atoms with E-state index in [1.165, 1.54) is 31.4 Å². The summed E-state index contributed by atoms with van der Waals surface area (Å²) in [6.07, 6.45) is -4.67. The second kappa shape index (κ2) is 9.28. The average molecular weight is 522 g/mol. The highest BCUT2D eigenvalue weighted by molar-refractivity contribution is 6.51. The average Bonchev–Trinajstić information content (AvgIpc) is 3.10. The molecule has 1 unspecified atom stereocenters. The van der Waals surface area contributed by atoms with Gasteiger partial charge in [0.2, 0.25) is 0 Å². The van der Waals surface area contributed by atoms with Gasteiger partial charge in [0, 0.05) is 11.3 Å². The van der Waals surface area contributed by atoms with Crippen LogP contribution in [0.2, 0.25) is 10.0 Å². The topological polar surface area (TPSA) is 66.8 Å². The molecule has 0 spiro atoms. The fourth-order valence-corrected chi connectivity index (χ4v) is 4.13. The number of ketones is 1.